The average Bonchev–Trinajstić information content (AvgIpc) is 1.92. The van der Waals surface area contributed by atoms with Crippen LogP contribution in [0.4, 0.5) is 0 Å². The Kier molecular flexibility index (Phi) is 8.74. The summed E-state index contributed by atoms with van der Waals surface area (Å²) in [5.74, 6) is 0. The molecule has 0 heterocycles. The van der Waals surface area contributed by atoms with E-state index in [0.29, 0.717) is 12.8 Å². The van der Waals surface area contributed by atoms with Crippen LogP contribution in [0.3, 0.4) is 0 Å². The van der Waals surface area contributed by atoms with Crippen LogP contribution >= 0.6 is 0 Å². The van der Waals surface area contributed by atoms with Gasteiger partial charge in [-0.1, -0.05) is 26.2 Å². The fourth-order valence-electron chi connectivity index (χ4n) is 1.01. The molecule has 0 aliphatic heterocycles. The van der Waals surface area contributed by atoms with E-state index in [0.717, 1.165) is 6.42 Å². The second-order valence-electron chi connectivity index (χ2n) is 2.96. The summed E-state index contributed by atoms with van der Waals surface area (Å²) in [5, 5.41) is 0. The van der Waals surface area contributed by atoms with Gasteiger partial charge >= 0.3 is 29.6 Å². The molecular formula is C6H15NaO6S2. The van der Waals surface area contributed by atoms with Crippen molar-refractivity contribution in [2.75, 3.05) is 0 Å². The van der Waals surface area contributed by atoms with Gasteiger partial charge in [-0.25, -0.2) is 0 Å². The monoisotopic (exact) mass is 270 g/mol. The van der Waals surface area contributed by atoms with Gasteiger partial charge in [0.2, 0.25) is 4.58 Å². The average molecular weight is 270 g/mol. The van der Waals surface area contributed by atoms with Crippen LogP contribution in [-0.2, 0) is 20.2 Å². The van der Waals surface area contributed by atoms with Crippen molar-refractivity contribution in [3.8, 4) is 0 Å². The summed E-state index contributed by atoms with van der Waals surface area (Å²) in [4.78, 5) is 0. The van der Waals surface area contributed by atoms with Gasteiger partial charge in [-0.2, -0.15) is 16.8 Å². The van der Waals surface area contributed by atoms with Gasteiger partial charge < -0.3 is 0 Å². The zero-order chi connectivity index (χ0) is 11.4. The zero-order valence-electron chi connectivity index (χ0n) is 7.75. The molecule has 0 aromatic carbocycles. The van der Waals surface area contributed by atoms with Crippen LogP contribution in [0.25, 0.3) is 0 Å². The molecule has 0 fully saturated rings. The zero-order valence-corrected chi connectivity index (χ0v) is 9.38. The first kappa shape index (κ1) is 18.2. The quantitative estimate of drug-likeness (QED) is 0.400. The molecule has 0 atom stereocenters. The SMILES string of the molecule is CCCCCC(S(=O)(=O)O)S(=O)(=O)O.[NaH]. The molecule has 0 aliphatic carbocycles. The first-order valence-corrected chi connectivity index (χ1v) is 7.13. The van der Waals surface area contributed by atoms with E-state index in [9.17, 15) is 16.8 Å². The molecule has 0 rings (SSSR count). The molecule has 0 aliphatic rings. The predicted octanol–water partition coefficient (Wildman–Crippen LogP) is 0.0199. The van der Waals surface area contributed by atoms with E-state index in [1.165, 1.54) is 0 Å². The van der Waals surface area contributed by atoms with Gasteiger partial charge in [0, 0.05) is 0 Å². The second-order valence-corrected chi connectivity index (χ2v) is 6.45. The van der Waals surface area contributed by atoms with E-state index in [2.05, 4.69) is 0 Å². The topological polar surface area (TPSA) is 109 Å². The van der Waals surface area contributed by atoms with Crippen molar-refractivity contribution >= 4 is 49.8 Å². The number of unbranched alkanes of at least 4 members (excludes halogenated alkanes) is 2. The fourth-order valence-corrected chi connectivity index (χ4v) is 3.17. The Morgan fingerprint density at radius 2 is 1.40 bits per heavy atom. The molecule has 0 saturated heterocycles. The minimum atomic E-state index is -4.74. The van der Waals surface area contributed by atoms with E-state index in [1.807, 2.05) is 6.92 Å². The molecule has 88 valence electrons. The Morgan fingerprint density at radius 3 is 1.67 bits per heavy atom. The maximum absolute atomic E-state index is 10.6. The molecule has 0 amide bonds. The molecule has 9 heteroatoms. The molecule has 0 saturated carbocycles. The molecular weight excluding hydrogens is 255 g/mol. The summed E-state index contributed by atoms with van der Waals surface area (Å²) in [6, 6.07) is 0. The van der Waals surface area contributed by atoms with Gasteiger partial charge in [-0.3, -0.25) is 9.11 Å². The normalized spacial score (nSPS) is 12.5. The first-order valence-electron chi connectivity index (χ1n) is 4.12. The third kappa shape index (κ3) is 7.67. The molecule has 0 spiro atoms. The van der Waals surface area contributed by atoms with Crippen molar-refractivity contribution in [3.63, 3.8) is 0 Å². The van der Waals surface area contributed by atoms with Crippen LogP contribution in [0, 0.1) is 0 Å². The third-order valence-corrected chi connectivity index (χ3v) is 4.97. The summed E-state index contributed by atoms with van der Waals surface area (Å²) in [6.07, 6.45) is 1.46. The molecule has 6 nitrogen and oxygen atoms in total. The van der Waals surface area contributed by atoms with Crippen molar-refractivity contribution in [3.05, 3.63) is 0 Å². The van der Waals surface area contributed by atoms with Crippen LogP contribution in [0.5, 0.6) is 0 Å². The molecule has 2 N–H and O–H groups in total. The molecule has 15 heavy (non-hydrogen) atoms. The Hall–Kier alpha value is 0.820. The summed E-state index contributed by atoms with van der Waals surface area (Å²) in [7, 11) is -9.48. The van der Waals surface area contributed by atoms with Gasteiger partial charge in [0.05, 0.1) is 0 Å². The second kappa shape index (κ2) is 7.21. The van der Waals surface area contributed by atoms with Gasteiger partial charge in [0.15, 0.2) is 0 Å². The van der Waals surface area contributed by atoms with Crippen LogP contribution in [0.15, 0.2) is 0 Å². The van der Waals surface area contributed by atoms with Crippen LogP contribution in [0.2, 0.25) is 0 Å². The Bertz CT molecular complexity index is 327. The van der Waals surface area contributed by atoms with Gasteiger partial charge in [0.25, 0.3) is 20.2 Å². The van der Waals surface area contributed by atoms with Crippen molar-refractivity contribution in [1.29, 1.82) is 0 Å². The predicted molar refractivity (Wildman–Crippen MR) is 58.2 cm³/mol. The number of hydrogen-bond acceptors (Lipinski definition) is 4. The molecule has 0 unspecified atom stereocenters. The Morgan fingerprint density at radius 1 is 1.00 bits per heavy atom. The minimum absolute atomic E-state index is 0. The van der Waals surface area contributed by atoms with Crippen molar-refractivity contribution < 1.29 is 25.9 Å². The van der Waals surface area contributed by atoms with Crippen molar-refractivity contribution in [2.45, 2.75) is 37.2 Å². The summed E-state index contributed by atoms with van der Waals surface area (Å²) >= 11 is 0. The summed E-state index contributed by atoms with van der Waals surface area (Å²) < 4.78 is 57.3. The van der Waals surface area contributed by atoms with Gasteiger partial charge in [-0.15, -0.1) is 0 Å². The van der Waals surface area contributed by atoms with E-state index in [-0.39, 0.29) is 36.0 Å². The van der Waals surface area contributed by atoms with Crippen LogP contribution < -0.4 is 0 Å². The van der Waals surface area contributed by atoms with E-state index in [4.69, 9.17) is 9.11 Å². The van der Waals surface area contributed by atoms with Gasteiger partial charge in [-0.05, 0) is 6.42 Å². The molecule has 0 aromatic rings. The van der Waals surface area contributed by atoms with E-state index >= 15 is 0 Å². The standard InChI is InChI=1S/C6H14O6S2.Na.H/c1-2-3-4-5-6(13(7,8)9)14(10,11)12;;/h6H,2-5H2,1H3,(H,7,8,9)(H,10,11,12);;. The van der Waals surface area contributed by atoms with Crippen molar-refractivity contribution in [2.24, 2.45) is 0 Å². The van der Waals surface area contributed by atoms with Gasteiger partial charge in [0.1, 0.15) is 0 Å². The van der Waals surface area contributed by atoms with Crippen molar-refractivity contribution in [1.82, 2.24) is 0 Å². The fraction of sp³-hybridized carbons (Fsp3) is 1.00. The number of rotatable bonds is 6. The van der Waals surface area contributed by atoms with Crippen LogP contribution in [-0.4, -0.2) is 60.1 Å². The molecule has 0 bridgehead atoms. The van der Waals surface area contributed by atoms with E-state index < -0.39 is 24.8 Å². The first-order chi connectivity index (χ1) is 6.19. The maximum atomic E-state index is 10.6. The molecule has 0 aromatic heterocycles. The summed E-state index contributed by atoms with van der Waals surface area (Å²) in [6.45, 7) is 1.86. The summed E-state index contributed by atoms with van der Waals surface area (Å²) in [5.41, 5.74) is 0. The Labute approximate surface area is 112 Å². The number of hydrogen-bond donors (Lipinski definition) is 2. The van der Waals surface area contributed by atoms with Crippen LogP contribution in [0.1, 0.15) is 32.6 Å². The third-order valence-electron chi connectivity index (χ3n) is 1.71. The Balaban J connectivity index is 0. The van der Waals surface area contributed by atoms with E-state index in [1.54, 1.807) is 0 Å². The molecule has 0 radical (unpaired) electrons.